The van der Waals surface area contributed by atoms with Gasteiger partial charge in [0.05, 0.1) is 44.4 Å². The van der Waals surface area contributed by atoms with Crippen LogP contribution >= 0.6 is 0 Å². The van der Waals surface area contributed by atoms with E-state index in [1.807, 2.05) is 24.3 Å². The van der Waals surface area contributed by atoms with Crippen molar-refractivity contribution in [2.24, 2.45) is 0 Å². The number of nitrogens with one attached hydrogen (secondary N) is 2. The fourth-order valence-corrected chi connectivity index (χ4v) is 3.68. The molecule has 3 aromatic rings. The molecule has 1 aliphatic rings. The monoisotopic (exact) mass is 480 g/mol. The zero-order valence-corrected chi connectivity index (χ0v) is 19.2. The summed E-state index contributed by atoms with van der Waals surface area (Å²) >= 11 is 0. The first-order valence-electron chi connectivity index (χ1n) is 10.8. The Morgan fingerprint density at radius 2 is 1.80 bits per heavy atom. The number of esters is 1. The summed E-state index contributed by atoms with van der Waals surface area (Å²) in [6, 6.07) is 13.0. The van der Waals surface area contributed by atoms with Gasteiger partial charge in [-0.05, 0) is 18.2 Å². The number of fused-ring (bicyclic) bond motifs is 1. The maximum Gasteiger partial charge on any atom is 0.340 e. The van der Waals surface area contributed by atoms with Gasteiger partial charge in [0.2, 0.25) is 0 Å². The molecule has 1 atom stereocenters. The van der Waals surface area contributed by atoms with E-state index >= 15 is 0 Å². The van der Waals surface area contributed by atoms with Gasteiger partial charge in [-0.15, -0.1) is 0 Å². The second-order valence-corrected chi connectivity index (χ2v) is 7.56. The highest BCUT2D eigenvalue weighted by atomic mass is 16.5. The van der Waals surface area contributed by atoms with Gasteiger partial charge in [-0.3, -0.25) is 9.59 Å². The standard InChI is InChI=1S/C25H24N2O8/c1-31-21-12-16(18(13-22(21)32-2)27-24(29)20-8-5-10-33-20)25(30)35-14-23(28)26-17-9-11-34-19-7-4-3-6-15(17)19/h3-8,10,12-13,17H,9,11,14H2,1-2H3,(H,26,28)(H,27,29). The third-order valence-corrected chi connectivity index (χ3v) is 5.36. The van der Waals surface area contributed by atoms with Gasteiger partial charge in [0, 0.05) is 24.1 Å². The van der Waals surface area contributed by atoms with E-state index in [0.29, 0.717) is 18.8 Å². The molecule has 182 valence electrons. The lowest BCUT2D eigenvalue weighted by Crippen LogP contribution is -2.35. The number of hydrogen-bond acceptors (Lipinski definition) is 8. The van der Waals surface area contributed by atoms with Crippen molar-refractivity contribution < 1.29 is 37.7 Å². The van der Waals surface area contributed by atoms with Crippen LogP contribution in [0.15, 0.2) is 59.2 Å². The minimum absolute atomic E-state index is 0.0215. The molecule has 1 aromatic heterocycles. The van der Waals surface area contributed by atoms with Crippen LogP contribution in [-0.4, -0.2) is 45.2 Å². The Labute approximate surface area is 201 Å². The molecule has 2 amide bonds. The van der Waals surface area contributed by atoms with E-state index in [-0.39, 0.29) is 34.6 Å². The number of para-hydroxylation sites is 1. The van der Waals surface area contributed by atoms with Crippen molar-refractivity contribution in [3.8, 4) is 17.2 Å². The van der Waals surface area contributed by atoms with E-state index in [0.717, 1.165) is 5.56 Å². The molecule has 0 saturated heterocycles. The lowest BCUT2D eigenvalue weighted by Gasteiger charge is -2.26. The van der Waals surface area contributed by atoms with E-state index in [1.54, 1.807) is 6.07 Å². The van der Waals surface area contributed by atoms with Crippen molar-refractivity contribution in [1.29, 1.82) is 0 Å². The van der Waals surface area contributed by atoms with Crippen LogP contribution in [-0.2, 0) is 9.53 Å². The number of methoxy groups -OCH3 is 2. The summed E-state index contributed by atoms with van der Waals surface area (Å²) in [6.45, 7) is -0.0512. The van der Waals surface area contributed by atoms with Crippen molar-refractivity contribution >= 4 is 23.5 Å². The Balaban J connectivity index is 1.47. The highest BCUT2D eigenvalue weighted by Crippen LogP contribution is 2.34. The molecule has 10 heteroatoms. The number of rotatable bonds is 8. The first-order chi connectivity index (χ1) is 17.0. The van der Waals surface area contributed by atoms with Gasteiger partial charge < -0.3 is 34.0 Å². The predicted molar refractivity (Wildman–Crippen MR) is 124 cm³/mol. The molecule has 0 aliphatic carbocycles. The Hall–Kier alpha value is -4.47. The summed E-state index contributed by atoms with van der Waals surface area (Å²) in [5.41, 5.74) is 0.945. The molecule has 2 aromatic carbocycles. The van der Waals surface area contributed by atoms with Crippen molar-refractivity contribution in [2.75, 3.05) is 32.8 Å². The smallest absolute Gasteiger partial charge is 0.340 e. The number of carbonyl (C=O) groups is 3. The van der Waals surface area contributed by atoms with Gasteiger partial charge in [-0.2, -0.15) is 0 Å². The van der Waals surface area contributed by atoms with E-state index in [2.05, 4.69) is 10.6 Å². The molecule has 0 fully saturated rings. The first-order valence-corrected chi connectivity index (χ1v) is 10.8. The highest BCUT2D eigenvalue weighted by Gasteiger charge is 2.25. The van der Waals surface area contributed by atoms with Gasteiger partial charge in [-0.1, -0.05) is 18.2 Å². The molecule has 2 heterocycles. The highest BCUT2D eigenvalue weighted by molar-refractivity contribution is 6.07. The van der Waals surface area contributed by atoms with Gasteiger partial charge >= 0.3 is 5.97 Å². The number of hydrogen-bond donors (Lipinski definition) is 2. The lowest BCUT2D eigenvalue weighted by molar-refractivity contribution is -0.125. The second kappa shape index (κ2) is 10.6. The summed E-state index contributed by atoms with van der Waals surface area (Å²) in [5, 5.41) is 5.47. The van der Waals surface area contributed by atoms with Crippen molar-refractivity contribution in [1.82, 2.24) is 5.32 Å². The summed E-state index contributed by atoms with van der Waals surface area (Å²) in [6.07, 6.45) is 1.95. The van der Waals surface area contributed by atoms with E-state index in [9.17, 15) is 14.4 Å². The Kier molecular flexibility index (Phi) is 7.20. The lowest BCUT2D eigenvalue weighted by atomic mass is 10.0. The van der Waals surface area contributed by atoms with Crippen LogP contribution in [0.1, 0.15) is 38.9 Å². The zero-order valence-electron chi connectivity index (χ0n) is 19.2. The number of amides is 2. The minimum Gasteiger partial charge on any atom is -0.493 e. The normalized spacial score (nSPS) is 14.2. The summed E-state index contributed by atoms with van der Waals surface area (Å²) in [4.78, 5) is 37.9. The Morgan fingerprint density at radius 1 is 1.03 bits per heavy atom. The van der Waals surface area contributed by atoms with Crippen LogP contribution in [0.2, 0.25) is 0 Å². The number of carbonyl (C=O) groups excluding carboxylic acids is 3. The maximum absolute atomic E-state index is 12.9. The van der Waals surface area contributed by atoms with Crippen LogP contribution in [0.25, 0.3) is 0 Å². The largest absolute Gasteiger partial charge is 0.493 e. The Bertz CT molecular complexity index is 1220. The van der Waals surface area contributed by atoms with Gasteiger partial charge in [0.1, 0.15) is 5.75 Å². The van der Waals surface area contributed by atoms with E-state index in [1.165, 1.54) is 38.7 Å². The average molecular weight is 480 g/mol. The van der Waals surface area contributed by atoms with Gasteiger partial charge in [0.25, 0.3) is 11.8 Å². The van der Waals surface area contributed by atoms with Crippen LogP contribution in [0.5, 0.6) is 17.2 Å². The second-order valence-electron chi connectivity index (χ2n) is 7.56. The molecule has 0 saturated carbocycles. The maximum atomic E-state index is 12.9. The molecule has 2 N–H and O–H groups in total. The molecule has 0 bridgehead atoms. The van der Waals surface area contributed by atoms with Gasteiger partial charge in [-0.25, -0.2) is 4.79 Å². The topological polar surface area (TPSA) is 125 Å². The molecule has 0 radical (unpaired) electrons. The van der Waals surface area contributed by atoms with Crippen molar-refractivity contribution in [3.05, 3.63) is 71.7 Å². The van der Waals surface area contributed by atoms with E-state index < -0.39 is 24.4 Å². The molecule has 1 aliphatic heterocycles. The van der Waals surface area contributed by atoms with Crippen molar-refractivity contribution in [3.63, 3.8) is 0 Å². The summed E-state index contributed by atoms with van der Waals surface area (Å²) < 4.78 is 26.5. The third kappa shape index (κ3) is 5.37. The Morgan fingerprint density at radius 3 is 2.54 bits per heavy atom. The fourth-order valence-electron chi connectivity index (χ4n) is 3.68. The fraction of sp³-hybridized carbons (Fsp3) is 0.240. The predicted octanol–water partition coefficient (Wildman–Crippen LogP) is 3.35. The number of ether oxygens (including phenoxy) is 4. The van der Waals surface area contributed by atoms with Crippen LogP contribution < -0.4 is 24.8 Å². The quantitative estimate of drug-likeness (QED) is 0.470. The SMILES string of the molecule is COc1cc(NC(=O)c2ccco2)c(C(=O)OCC(=O)NC2CCOc3ccccc32)cc1OC. The average Bonchev–Trinajstić information content (AvgIpc) is 3.42. The molecule has 1 unspecified atom stereocenters. The van der Waals surface area contributed by atoms with Crippen LogP contribution in [0.3, 0.4) is 0 Å². The number of anilines is 1. The van der Waals surface area contributed by atoms with Crippen LogP contribution in [0.4, 0.5) is 5.69 Å². The van der Waals surface area contributed by atoms with Crippen LogP contribution in [0, 0.1) is 0 Å². The molecule has 10 nitrogen and oxygen atoms in total. The summed E-state index contributed by atoms with van der Waals surface area (Å²) in [7, 11) is 2.83. The number of benzene rings is 2. The van der Waals surface area contributed by atoms with Gasteiger partial charge in [0.15, 0.2) is 23.9 Å². The first kappa shape index (κ1) is 23.7. The minimum atomic E-state index is -0.830. The molecule has 35 heavy (non-hydrogen) atoms. The molecule has 0 spiro atoms. The van der Waals surface area contributed by atoms with Crippen molar-refractivity contribution in [2.45, 2.75) is 12.5 Å². The molecule has 4 rings (SSSR count). The molecular formula is C25H24N2O8. The third-order valence-electron chi connectivity index (χ3n) is 5.36. The zero-order chi connectivity index (χ0) is 24.8. The number of furan rings is 1. The van der Waals surface area contributed by atoms with E-state index in [4.69, 9.17) is 23.4 Å². The molecular weight excluding hydrogens is 456 g/mol. The summed E-state index contributed by atoms with van der Waals surface area (Å²) in [5.74, 6) is -0.580.